The summed E-state index contributed by atoms with van der Waals surface area (Å²) in [4.78, 5) is 6.41. The fourth-order valence-corrected chi connectivity index (χ4v) is 3.03. The fraction of sp³-hybridized carbons (Fsp3) is 0.643. The first-order valence-electron chi connectivity index (χ1n) is 7.30. The summed E-state index contributed by atoms with van der Waals surface area (Å²) in [5, 5.41) is 3.05. The number of nitrogens with zero attached hydrogens (tertiary/aromatic N) is 2. The van der Waals surface area contributed by atoms with Gasteiger partial charge in [0.05, 0.1) is 0 Å². The maximum atomic E-state index is 12.3. The van der Waals surface area contributed by atoms with Crippen molar-refractivity contribution < 1.29 is 8.42 Å². The molecule has 1 rings (SSSR count). The van der Waals surface area contributed by atoms with Crippen molar-refractivity contribution in [3.05, 3.63) is 18.3 Å². The first kappa shape index (κ1) is 17.9. The molecule has 0 saturated carbocycles. The number of rotatable bonds is 10. The molecule has 0 aliphatic rings. The van der Waals surface area contributed by atoms with Gasteiger partial charge in [-0.05, 0) is 52.0 Å². The second-order valence-electron chi connectivity index (χ2n) is 5.19. The summed E-state index contributed by atoms with van der Waals surface area (Å²) >= 11 is 0. The molecule has 0 spiro atoms. The van der Waals surface area contributed by atoms with Gasteiger partial charge in [-0.15, -0.1) is 0 Å². The van der Waals surface area contributed by atoms with Gasteiger partial charge in [0.1, 0.15) is 10.7 Å². The van der Waals surface area contributed by atoms with E-state index < -0.39 is 10.0 Å². The molecular weight excluding hydrogens is 288 g/mol. The zero-order chi connectivity index (χ0) is 15.7. The van der Waals surface area contributed by atoms with Gasteiger partial charge < -0.3 is 10.2 Å². The number of hydrogen-bond donors (Lipinski definition) is 2. The molecule has 6 nitrogen and oxygen atoms in total. The van der Waals surface area contributed by atoms with Gasteiger partial charge in [-0.25, -0.2) is 18.1 Å². The van der Waals surface area contributed by atoms with Crippen LogP contribution >= 0.6 is 0 Å². The molecule has 0 radical (unpaired) electrons. The van der Waals surface area contributed by atoms with Crippen LogP contribution in [-0.4, -0.2) is 52.0 Å². The third kappa shape index (κ3) is 6.41. The molecule has 0 aliphatic heterocycles. The highest BCUT2D eigenvalue weighted by atomic mass is 32.2. The van der Waals surface area contributed by atoms with Gasteiger partial charge in [0.25, 0.3) is 0 Å². The van der Waals surface area contributed by atoms with Crippen molar-refractivity contribution in [2.24, 2.45) is 0 Å². The summed E-state index contributed by atoms with van der Waals surface area (Å²) in [6.45, 7) is 4.12. The number of pyridine rings is 1. The van der Waals surface area contributed by atoms with E-state index in [4.69, 9.17) is 0 Å². The molecule has 0 fully saturated rings. The van der Waals surface area contributed by atoms with Crippen LogP contribution in [0.2, 0.25) is 0 Å². The van der Waals surface area contributed by atoms with Crippen molar-refractivity contribution in [1.82, 2.24) is 14.6 Å². The zero-order valence-electron chi connectivity index (χ0n) is 13.1. The molecule has 0 atom stereocenters. The van der Waals surface area contributed by atoms with Crippen LogP contribution in [0.3, 0.4) is 0 Å². The monoisotopic (exact) mass is 314 g/mol. The molecule has 0 unspecified atom stereocenters. The molecule has 1 aromatic heterocycles. The summed E-state index contributed by atoms with van der Waals surface area (Å²) in [6.07, 6.45) is 4.28. The Balaban J connectivity index is 2.61. The topological polar surface area (TPSA) is 74.3 Å². The van der Waals surface area contributed by atoms with Crippen LogP contribution < -0.4 is 10.0 Å². The highest BCUT2D eigenvalue weighted by molar-refractivity contribution is 7.89. The molecule has 0 saturated heterocycles. The van der Waals surface area contributed by atoms with Crippen LogP contribution in [0.25, 0.3) is 0 Å². The highest BCUT2D eigenvalue weighted by Gasteiger charge is 2.18. The number of hydrogen-bond acceptors (Lipinski definition) is 5. The van der Waals surface area contributed by atoms with E-state index in [1.807, 2.05) is 21.0 Å². The highest BCUT2D eigenvalue weighted by Crippen LogP contribution is 2.17. The lowest BCUT2D eigenvalue weighted by atomic mass is 10.3. The largest absolute Gasteiger partial charge is 0.369 e. The van der Waals surface area contributed by atoms with Crippen LogP contribution in [0.15, 0.2) is 23.2 Å². The predicted octanol–water partition coefficient (Wildman–Crippen LogP) is 1.52. The van der Waals surface area contributed by atoms with Gasteiger partial charge in [-0.1, -0.05) is 6.92 Å². The van der Waals surface area contributed by atoms with Crippen LogP contribution in [0.4, 0.5) is 5.82 Å². The van der Waals surface area contributed by atoms with Crippen molar-refractivity contribution in [1.29, 1.82) is 0 Å². The summed E-state index contributed by atoms with van der Waals surface area (Å²) in [7, 11) is 0.500. The average Bonchev–Trinajstić information content (AvgIpc) is 2.44. The van der Waals surface area contributed by atoms with E-state index in [-0.39, 0.29) is 4.90 Å². The molecule has 1 heterocycles. The lowest BCUT2D eigenvalue weighted by Gasteiger charge is -2.12. The molecule has 7 heteroatoms. The zero-order valence-corrected chi connectivity index (χ0v) is 13.9. The van der Waals surface area contributed by atoms with Crippen LogP contribution in [0, 0.1) is 0 Å². The standard InChI is InChI=1S/C14H26N4O2S/c1-4-9-15-14-13(8-7-10-16-14)21(19,20)17-11-5-6-12-18(2)3/h7-8,10,17H,4-6,9,11-12H2,1-3H3,(H,15,16). The molecule has 0 aliphatic carbocycles. The fourth-order valence-electron chi connectivity index (χ4n) is 1.82. The Bertz CT molecular complexity index is 517. The third-order valence-electron chi connectivity index (χ3n) is 2.93. The van der Waals surface area contributed by atoms with Gasteiger partial charge in [0.15, 0.2) is 0 Å². The number of aromatic nitrogens is 1. The van der Waals surface area contributed by atoms with E-state index in [0.717, 1.165) is 25.8 Å². The number of sulfonamides is 1. The van der Waals surface area contributed by atoms with Crippen molar-refractivity contribution >= 4 is 15.8 Å². The number of nitrogens with one attached hydrogen (secondary N) is 2. The maximum absolute atomic E-state index is 12.3. The lowest BCUT2D eigenvalue weighted by molar-refractivity contribution is 0.394. The molecular formula is C14H26N4O2S. The normalized spacial score (nSPS) is 11.8. The van der Waals surface area contributed by atoms with Crippen molar-refractivity contribution in [2.75, 3.05) is 39.0 Å². The number of anilines is 1. The molecule has 0 aromatic carbocycles. The van der Waals surface area contributed by atoms with Gasteiger partial charge in [0.2, 0.25) is 10.0 Å². The average molecular weight is 314 g/mol. The van der Waals surface area contributed by atoms with Crippen LogP contribution in [0.1, 0.15) is 26.2 Å². The van der Waals surface area contributed by atoms with Crippen molar-refractivity contribution in [2.45, 2.75) is 31.1 Å². The minimum Gasteiger partial charge on any atom is -0.369 e. The minimum atomic E-state index is -3.51. The molecule has 21 heavy (non-hydrogen) atoms. The summed E-state index contributed by atoms with van der Waals surface area (Å²) in [6, 6.07) is 3.21. The van der Waals surface area contributed by atoms with Crippen molar-refractivity contribution in [3.8, 4) is 0 Å². The lowest BCUT2D eigenvalue weighted by Crippen LogP contribution is -2.26. The maximum Gasteiger partial charge on any atom is 0.244 e. The van der Waals surface area contributed by atoms with E-state index in [0.29, 0.717) is 18.9 Å². The number of unbranched alkanes of at least 4 members (excludes halogenated alkanes) is 1. The van der Waals surface area contributed by atoms with E-state index in [1.54, 1.807) is 18.3 Å². The Hall–Kier alpha value is -1.18. The van der Waals surface area contributed by atoms with E-state index in [9.17, 15) is 8.42 Å². The van der Waals surface area contributed by atoms with Crippen LogP contribution in [0.5, 0.6) is 0 Å². The molecule has 0 amide bonds. The summed E-state index contributed by atoms with van der Waals surface area (Å²) in [5.41, 5.74) is 0. The second kappa shape index (κ2) is 8.96. The van der Waals surface area contributed by atoms with Gasteiger partial charge in [0, 0.05) is 19.3 Å². The summed E-state index contributed by atoms with van der Waals surface area (Å²) < 4.78 is 27.3. The van der Waals surface area contributed by atoms with E-state index >= 15 is 0 Å². The SMILES string of the molecule is CCCNc1ncccc1S(=O)(=O)NCCCCN(C)C. The Morgan fingerprint density at radius 2 is 2.00 bits per heavy atom. The van der Waals surface area contributed by atoms with E-state index in [2.05, 4.69) is 19.9 Å². The minimum absolute atomic E-state index is 0.214. The molecule has 120 valence electrons. The van der Waals surface area contributed by atoms with E-state index in [1.165, 1.54) is 0 Å². The first-order valence-corrected chi connectivity index (χ1v) is 8.79. The van der Waals surface area contributed by atoms with Crippen molar-refractivity contribution in [3.63, 3.8) is 0 Å². The Morgan fingerprint density at radius 3 is 2.67 bits per heavy atom. The Labute approximate surface area is 128 Å². The third-order valence-corrected chi connectivity index (χ3v) is 4.42. The second-order valence-corrected chi connectivity index (χ2v) is 6.92. The molecule has 1 aromatic rings. The quantitative estimate of drug-likeness (QED) is 0.641. The molecule has 0 bridgehead atoms. The molecule has 2 N–H and O–H groups in total. The predicted molar refractivity (Wildman–Crippen MR) is 86.0 cm³/mol. The van der Waals surface area contributed by atoms with Crippen LogP contribution in [-0.2, 0) is 10.0 Å². The van der Waals surface area contributed by atoms with Gasteiger partial charge in [-0.3, -0.25) is 0 Å². The first-order chi connectivity index (χ1) is 9.97. The smallest absolute Gasteiger partial charge is 0.244 e. The van der Waals surface area contributed by atoms with Gasteiger partial charge >= 0.3 is 0 Å². The van der Waals surface area contributed by atoms with Gasteiger partial charge in [-0.2, -0.15) is 0 Å². The Morgan fingerprint density at radius 1 is 1.24 bits per heavy atom. The summed E-state index contributed by atoms with van der Waals surface area (Å²) in [5.74, 6) is 0.417. The Kier molecular flexibility index (Phi) is 7.63.